The van der Waals surface area contributed by atoms with Crippen molar-refractivity contribution in [3.05, 3.63) is 66.0 Å². The lowest BCUT2D eigenvalue weighted by Gasteiger charge is -2.48. The summed E-state index contributed by atoms with van der Waals surface area (Å²) in [6.45, 7) is 5.46. The maximum Gasteiger partial charge on any atom is 0.186 e. The number of ether oxygens (including phenoxy) is 8. The van der Waals surface area contributed by atoms with E-state index in [0.717, 1.165) is 30.9 Å². The van der Waals surface area contributed by atoms with Gasteiger partial charge in [0.15, 0.2) is 12.6 Å². The summed E-state index contributed by atoms with van der Waals surface area (Å²) in [6.07, 6.45) is -0.971. The average Bonchev–Trinajstić information content (AvgIpc) is 2.97. The quantitative estimate of drug-likeness (QED) is 0.586. The van der Waals surface area contributed by atoms with Crippen molar-refractivity contribution in [2.75, 3.05) is 66.4 Å². The van der Waals surface area contributed by atoms with Crippen LogP contribution in [0.5, 0.6) is 0 Å². The second-order valence-electron chi connectivity index (χ2n) is 9.45. The van der Waals surface area contributed by atoms with Gasteiger partial charge in [-0.15, -0.1) is 0 Å². The largest absolute Gasteiger partial charge is 0.378 e. The van der Waals surface area contributed by atoms with Gasteiger partial charge >= 0.3 is 0 Å². The lowest BCUT2D eigenvalue weighted by Crippen LogP contribution is -2.63. The van der Waals surface area contributed by atoms with Crippen molar-refractivity contribution in [1.82, 2.24) is 9.88 Å². The zero-order chi connectivity index (χ0) is 26.0. The molecule has 1 aromatic heterocycles. The smallest absolute Gasteiger partial charge is 0.186 e. The molecule has 0 N–H and O–H groups in total. The molecule has 38 heavy (non-hydrogen) atoms. The SMILES string of the molecule is CO[C@@H]1O[C@@H]2COC(c3ccccc3)O[C@H]2[C@@H]2OCCOCCN(Cc3ccccn3)CCOCCO[C@@H]12. The molecule has 0 bridgehead atoms. The Morgan fingerprint density at radius 3 is 2.24 bits per heavy atom. The Bertz CT molecular complexity index is 939. The first-order chi connectivity index (χ1) is 18.8. The summed E-state index contributed by atoms with van der Waals surface area (Å²) in [5.74, 6) is 0. The van der Waals surface area contributed by atoms with Crippen LogP contribution in [0.1, 0.15) is 17.5 Å². The molecular weight excluding hydrogens is 492 g/mol. The number of fused-ring (bicyclic) bond motifs is 3. The molecule has 3 saturated heterocycles. The zero-order valence-corrected chi connectivity index (χ0v) is 21.9. The van der Waals surface area contributed by atoms with Gasteiger partial charge in [-0.05, 0) is 12.1 Å². The van der Waals surface area contributed by atoms with E-state index in [1.54, 1.807) is 7.11 Å². The molecule has 0 radical (unpaired) electrons. The lowest BCUT2D eigenvalue weighted by molar-refractivity contribution is -0.368. The van der Waals surface area contributed by atoms with Gasteiger partial charge < -0.3 is 37.9 Å². The van der Waals surface area contributed by atoms with E-state index >= 15 is 0 Å². The molecular formula is C28H38N2O8. The van der Waals surface area contributed by atoms with E-state index in [9.17, 15) is 0 Å². The first kappa shape index (κ1) is 27.6. The van der Waals surface area contributed by atoms with Gasteiger partial charge in [0.2, 0.25) is 0 Å². The Balaban J connectivity index is 1.23. The number of aromatic nitrogens is 1. The van der Waals surface area contributed by atoms with Crippen LogP contribution in [0.15, 0.2) is 54.7 Å². The fraction of sp³-hybridized carbons (Fsp3) is 0.607. The topological polar surface area (TPSA) is 90.0 Å². The van der Waals surface area contributed by atoms with Gasteiger partial charge in [0.05, 0.1) is 51.9 Å². The summed E-state index contributed by atoms with van der Waals surface area (Å²) in [7, 11) is 1.61. The average molecular weight is 531 g/mol. The predicted octanol–water partition coefficient (Wildman–Crippen LogP) is 2.19. The van der Waals surface area contributed by atoms with E-state index in [0.29, 0.717) is 46.2 Å². The van der Waals surface area contributed by atoms with Gasteiger partial charge in [-0.3, -0.25) is 9.88 Å². The van der Waals surface area contributed by atoms with Crippen LogP contribution in [0.3, 0.4) is 0 Å². The standard InChI is InChI=1S/C28H38N2O8/c1-31-28-26-25(24-23(37-28)20-36-27(38-24)21-7-3-2-4-8-21)34-17-15-32-13-11-30(12-14-33-16-18-35-26)19-22-9-5-6-10-29-22/h2-10,23-28H,11-20H2,1H3/t23-,24-,25+,26-,27?,28-/m1/s1. The van der Waals surface area contributed by atoms with E-state index in [-0.39, 0.29) is 6.10 Å². The maximum atomic E-state index is 6.41. The number of hydrogen-bond donors (Lipinski definition) is 0. The molecule has 6 atom stereocenters. The normalized spacial score (nSPS) is 32.3. The Kier molecular flexibility index (Phi) is 10.5. The van der Waals surface area contributed by atoms with Crippen LogP contribution in [0.4, 0.5) is 0 Å². The Labute approximate surface area is 224 Å². The maximum absolute atomic E-state index is 6.41. The van der Waals surface area contributed by atoms with Gasteiger partial charge in [-0.1, -0.05) is 36.4 Å². The van der Waals surface area contributed by atoms with E-state index < -0.39 is 30.9 Å². The first-order valence-electron chi connectivity index (χ1n) is 13.3. The third-order valence-corrected chi connectivity index (χ3v) is 6.88. The molecule has 0 aliphatic carbocycles. The van der Waals surface area contributed by atoms with Crippen molar-refractivity contribution in [2.45, 2.75) is 43.5 Å². The highest BCUT2D eigenvalue weighted by Crippen LogP contribution is 2.36. The number of benzene rings is 1. The van der Waals surface area contributed by atoms with Crippen molar-refractivity contribution >= 4 is 0 Å². The minimum atomic E-state index is -0.618. The monoisotopic (exact) mass is 530 g/mol. The van der Waals surface area contributed by atoms with Crippen molar-refractivity contribution in [3.63, 3.8) is 0 Å². The molecule has 0 amide bonds. The Morgan fingerprint density at radius 2 is 1.53 bits per heavy atom. The van der Waals surface area contributed by atoms with Crippen LogP contribution in [-0.4, -0.2) is 107 Å². The van der Waals surface area contributed by atoms with Gasteiger partial charge in [0.1, 0.15) is 24.4 Å². The Morgan fingerprint density at radius 1 is 0.789 bits per heavy atom. The van der Waals surface area contributed by atoms with Crippen LogP contribution in [0.2, 0.25) is 0 Å². The summed E-state index contributed by atoms with van der Waals surface area (Å²) >= 11 is 0. The molecule has 3 aliphatic heterocycles. The van der Waals surface area contributed by atoms with Crippen LogP contribution in [0, 0.1) is 0 Å². The first-order valence-corrected chi connectivity index (χ1v) is 13.3. The molecule has 10 heteroatoms. The molecule has 1 aromatic carbocycles. The minimum Gasteiger partial charge on any atom is -0.378 e. The zero-order valence-electron chi connectivity index (χ0n) is 21.9. The highest BCUT2D eigenvalue weighted by atomic mass is 16.8. The highest BCUT2D eigenvalue weighted by molar-refractivity contribution is 5.16. The number of methoxy groups -OCH3 is 1. The van der Waals surface area contributed by atoms with Gasteiger partial charge in [-0.25, -0.2) is 0 Å². The van der Waals surface area contributed by atoms with Crippen molar-refractivity contribution < 1.29 is 37.9 Å². The third kappa shape index (κ3) is 7.35. The van der Waals surface area contributed by atoms with Crippen molar-refractivity contribution in [1.29, 1.82) is 0 Å². The predicted molar refractivity (Wildman–Crippen MR) is 136 cm³/mol. The fourth-order valence-electron chi connectivity index (χ4n) is 4.95. The molecule has 3 fully saturated rings. The van der Waals surface area contributed by atoms with Gasteiger partial charge in [0.25, 0.3) is 0 Å². The van der Waals surface area contributed by atoms with E-state index in [1.165, 1.54) is 0 Å². The van der Waals surface area contributed by atoms with Crippen LogP contribution < -0.4 is 0 Å². The number of pyridine rings is 1. The van der Waals surface area contributed by atoms with Crippen LogP contribution in [0.25, 0.3) is 0 Å². The molecule has 2 aromatic rings. The Hall–Kier alpha value is -1.99. The van der Waals surface area contributed by atoms with E-state index in [2.05, 4.69) is 9.88 Å². The van der Waals surface area contributed by atoms with Crippen molar-refractivity contribution in [2.24, 2.45) is 0 Å². The summed E-state index contributed by atoms with van der Waals surface area (Å²) in [6, 6.07) is 15.8. The second kappa shape index (κ2) is 14.4. The van der Waals surface area contributed by atoms with E-state index in [1.807, 2.05) is 54.7 Å². The van der Waals surface area contributed by atoms with Gasteiger partial charge in [-0.2, -0.15) is 0 Å². The minimum absolute atomic E-state index is 0.343. The summed E-state index contributed by atoms with van der Waals surface area (Å²) in [4.78, 5) is 6.73. The summed E-state index contributed by atoms with van der Waals surface area (Å²) in [5.41, 5.74) is 1.97. The molecule has 0 saturated carbocycles. The second-order valence-corrected chi connectivity index (χ2v) is 9.45. The third-order valence-electron chi connectivity index (χ3n) is 6.88. The molecule has 5 rings (SSSR count). The van der Waals surface area contributed by atoms with Crippen LogP contribution in [-0.2, 0) is 44.4 Å². The molecule has 0 spiro atoms. The molecule has 10 nitrogen and oxygen atoms in total. The van der Waals surface area contributed by atoms with E-state index in [4.69, 9.17) is 37.9 Å². The number of nitrogens with zero attached hydrogens (tertiary/aromatic N) is 2. The molecule has 208 valence electrons. The fourth-order valence-corrected chi connectivity index (χ4v) is 4.95. The van der Waals surface area contributed by atoms with Crippen molar-refractivity contribution in [3.8, 4) is 0 Å². The summed E-state index contributed by atoms with van der Waals surface area (Å²) in [5, 5.41) is 0. The molecule has 1 unspecified atom stereocenters. The number of hydrogen-bond acceptors (Lipinski definition) is 10. The van der Waals surface area contributed by atoms with Gasteiger partial charge in [0, 0.05) is 38.5 Å². The molecule has 3 aliphatic rings. The highest BCUT2D eigenvalue weighted by Gasteiger charge is 2.51. The lowest BCUT2D eigenvalue weighted by atomic mass is 9.97. The molecule has 4 heterocycles. The number of rotatable bonds is 4. The summed E-state index contributed by atoms with van der Waals surface area (Å²) < 4.78 is 48.7. The van der Waals surface area contributed by atoms with Crippen LogP contribution >= 0.6 is 0 Å².